The first-order valence-corrected chi connectivity index (χ1v) is 6.74. The van der Waals surface area contributed by atoms with E-state index in [1.807, 2.05) is 6.07 Å². The average Bonchev–Trinajstić information content (AvgIpc) is 2.49. The van der Waals surface area contributed by atoms with Crippen LogP contribution in [0.5, 0.6) is 0 Å². The highest BCUT2D eigenvalue weighted by Gasteiger charge is 2.07. The van der Waals surface area contributed by atoms with Crippen molar-refractivity contribution >= 4 is 23.2 Å². The average molecular weight is 293 g/mol. The van der Waals surface area contributed by atoms with Gasteiger partial charge in [-0.1, -0.05) is 24.3 Å². The second-order valence-corrected chi connectivity index (χ2v) is 4.76. The summed E-state index contributed by atoms with van der Waals surface area (Å²) in [7, 11) is 0. The molecule has 5 nitrogen and oxygen atoms in total. The first-order chi connectivity index (χ1) is 10.6. The van der Waals surface area contributed by atoms with E-state index in [1.54, 1.807) is 48.5 Å². The summed E-state index contributed by atoms with van der Waals surface area (Å²) in [4.78, 5) is 23.0. The molecule has 2 aromatic rings. The summed E-state index contributed by atoms with van der Waals surface area (Å²) in [6.45, 7) is 1.44. The fourth-order valence-electron chi connectivity index (χ4n) is 1.98. The van der Waals surface area contributed by atoms with Crippen LogP contribution in [0.15, 0.2) is 48.5 Å². The predicted octanol–water partition coefficient (Wildman–Crippen LogP) is 2.70. The lowest BCUT2D eigenvalue weighted by atomic mass is 10.1. The van der Waals surface area contributed by atoms with Crippen LogP contribution < -0.4 is 10.6 Å². The molecule has 5 heteroatoms. The van der Waals surface area contributed by atoms with Crippen molar-refractivity contribution in [2.75, 3.05) is 10.6 Å². The van der Waals surface area contributed by atoms with Crippen molar-refractivity contribution in [1.29, 1.82) is 5.26 Å². The van der Waals surface area contributed by atoms with Crippen molar-refractivity contribution in [1.82, 2.24) is 0 Å². The molecule has 0 spiro atoms. The molecule has 0 bridgehead atoms. The van der Waals surface area contributed by atoms with Gasteiger partial charge in [-0.3, -0.25) is 9.59 Å². The van der Waals surface area contributed by atoms with E-state index < -0.39 is 0 Å². The van der Waals surface area contributed by atoms with Gasteiger partial charge in [0.2, 0.25) is 11.8 Å². The van der Waals surface area contributed by atoms with Gasteiger partial charge < -0.3 is 10.6 Å². The molecule has 0 saturated heterocycles. The van der Waals surface area contributed by atoms with Gasteiger partial charge in [0, 0.05) is 12.6 Å². The number of nitrogens with one attached hydrogen (secondary N) is 2. The number of anilines is 2. The van der Waals surface area contributed by atoms with Crippen LogP contribution in [0, 0.1) is 11.3 Å². The summed E-state index contributed by atoms with van der Waals surface area (Å²) in [5.41, 5.74) is 2.44. The lowest BCUT2D eigenvalue weighted by Gasteiger charge is -2.07. The number of carbonyl (C=O) groups excluding carboxylic acids is 2. The van der Waals surface area contributed by atoms with Gasteiger partial charge in [0.25, 0.3) is 0 Å². The van der Waals surface area contributed by atoms with E-state index in [1.165, 1.54) is 6.92 Å². The molecular weight excluding hydrogens is 278 g/mol. The van der Waals surface area contributed by atoms with E-state index in [0.29, 0.717) is 16.9 Å². The van der Waals surface area contributed by atoms with Gasteiger partial charge in [-0.25, -0.2) is 0 Å². The predicted molar refractivity (Wildman–Crippen MR) is 84.2 cm³/mol. The molecular formula is C17H15N3O2. The van der Waals surface area contributed by atoms with Crippen LogP contribution in [0.3, 0.4) is 0 Å². The number of rotatable bonds is 4. The van der Waals surface area contributed by atoms with E-state index in [0.717, 1.165) is 5.56 Å². The first kappa shape index (κ1) is 15.3. The highest BCUT2D eigenvalue weighted by atomic mass is 16.2. The Bertz CT molecular complexity index is 730. The molecule has 2 aromatic carbocycles. The monoisotopic (exact) mass is 293 g/mol. The van der Waals surface area contributed by atoms with Gasteiger partial charge in [-0.15, -0.1) is 0 Å². The molecule has 0 unspecified atom stereocenters. The number of benzene rings is 2. The SMILES string of the molecule is CC(=O)Nc1ccc(CC(=O)Nc2ccccc2C#N)cc1. The first-order valence-electron chi connectivity index (χ1n) is 6.74. The van der Waals surface area contributed by atoms with Crippen molar-refractivity contribution in [3.8, 4) is 6.07 Å². The summed E-state index contributed by atoms with van der Waals surface area (Å²) in [5.74, 6) is -0.339. The molecule has 0 fully saturated rings. The van der Waals surface area contributed by atoms with Crippen LogP contribution >= 0.6 is 0 Å². The number of hydrogen-bond donors (Lipinski definition) is 2. The molecule has 0 aliphatic rings. The van der Waals surface area contributed by atoms with Crippen LogP contribution in [0.4, 0.5) is 11.4 Å². The standard InChI is InChI=1S/C17H15N3O2/c1-12(21)19-15-8-6-13(7-9-15)10-17(22)20-16-5-3-2-4-14(16)11-18/h2-9H,10H2,1H3,(H,19,21)(H,20,22). The molecule has 0 atom stereocenters. The third kappa shape index (κ3) is 4.18. The van der Waals surface area contributed by atoms with Crippen LogP contribution in [0.2, 0.25) is 0 Å². The third-order valence-electron chi connectivity index (χ3n) is 2.96. The van der Waals surface area contributed by atoms with E-state index in [-0.39, 0.29) is 18.2 Å². The molecule has 0 radical (unpaired) electrons. The van der Waals surface area contributed by atoms with Crippen molar-refractivity contribution in [3.63, 3.8) is 0 Å². The summed E-state index contributed by atoms with van der Waals surface area (Å²) < 4.78 is 0. The Morgan fingerprint density at radius 3 is 2.36 bits per heavy atom. The Morgan fingerprint density at radius 1 is 1.05 bits per heavy atom. The zero-order valence-electron chi connectivity index (χ0n) is 12.1. The number of nitrogens with zero attached hydrogens (tertiary/aromatic N) is 1. The topological polar surface area (TPSA) is 82.0 Å². The Hall–Kier alpha value is -3.13. The normalized spacial score (nSPS) is 9.64. The minimum atomic E-state index is -0.199. The van der Waals surface area contributed by atoms with Crippen molar-refractivity contribution < 1.29 is 9.59 Å². The number of hydrogen-bond acceptors (Lipinski definition) is 3. The van der Waals surface area contributed by atoms with Gasteiger partial charge in [0.05, 0.1) is 17.7 Å². The van der Waals surface area contributed by atoms with Gasteiger partial charge in [-0.2, -0.15) is 5.26 Å². The van der Waals surface area contributed by atoms with Crippen LogP contribution in [0.1, 0.15) is 18.1 Å². The van der Waals surface area contributed by atoms with Gasteiger partial charge >= 0.3 is 0 Å². The Labute approximate surface area is 128 Å². The molecule has 0 heterocycles. The molecule has 0 aliphatic carbocycles. The summed E-state index contributed by atoms with van der Waals surface area (Å²) in [6, 6.07) is 15.9. The van der Waals surface area contributed by atoms with E-state index in [4.69, 9.17) is 5.26 Å². The number of nitriles is 1. The molecule has 0 aliphatic heterocycles. The van der Waals surface area contributed by atoms with Gasteiger partial charge in [0.15, 0.2) is 0 Å². The second-order valence-electron chi connectivity index (χ2n) is 4.76. The van der Waals surface area contributed by atoms with Crippen molar-refractivity contribution in [2.24, 2.45) is 0 Å². The Kier molecular flexibility index (Phi) is 4.89. The highest BCUT2D eigenvalue weighted by Crippen LogP contribution is 2.15. The smallest absolute Gasteiger partial charge is 0.228 e. The van der Waals surface area contributed by atoms with Crippen LogP contribution in [-0.2, 0) is 16.0 Å². The molecule has 2 N–H and O–H groups in total. The fourth-order valence-corrected chi connectivity index (χ4v) is 1.98. The minimum Gasteiger partial charge on any atom is -0.326 e. The Balaban J connectivity index is 2.00. The summed E-state index contributed by atoms with van der Waals surface area (Å²) >= 11 is 0. The largest absolute Gasteiger partial charge is 0.326 e. The third-order valence-corrected chi connectivity index (χ3v) is 2.96. The van der Waals surface area contributed by atoms with Crippen molar-refractivity contribution in [2.45, 2.75) is 13.3 Å². The van der Waals surface area contributed by atoms with Crippen LogP contribution in [0.25, 0.3) is 0 Å². The molecule has 0 aromatic heterocycles. The highest BCUT2D eigenvalue weighted by molar-refractivity contribution is 5.93. The lowest BCUT2D eigenvalue weighted by molar-refractivity contribution is -0.116. The summed E-state index contributed by atoms with van der Waals surface area (Å²) in [5, 5.41) is 14.4. The fraction of sp³-hybridized carbons (Fsp3) is 0.118. The zero-order chi connectivity index (χ0) is 15.9. The molecule has 2 rings (SSSR count). The van der Waals surface area contributed by atoms with E-state index in [9.17, 15) is 9.59 Å². The number of carbonyl (C=O) groups is 2. The lowest BCUT2D eigenvalue weighted by Crippen LogP contribution is -2.15. The van der Waals surface area contributed by atoms with E-state index >= 15 is 0 Å². The maximum Gasteiger partial charge on any atom is 0.228 e. The maximum absolute atomic E-state index is 12.0. The second kappa shape index (κ2) is 7.04. The Morgan fingerprint density at radius 2 is 1.73 bits per heavy atom. The maximum atomic E-state index is 12.0. The molecule has 2 amide bonds. The minimum absolute atomic E-state index is 0.140. The van der Waals surface area contributed by atoms with Gasteiger partial charge in [0.1, 0.15) is 6.07 Å². The molecule has 110 valence electrons. The van der Waals surface area contributed by atoms with E-state index in [2.05, 4.69) is 10.6 Å². The quantitative estimate of drug-likeness (QED) is 0.909. The molecule has 0 saturated carbocycles. The number of para-hydroxylation sites is 1. The molecule has 22 heavy (non-hydrogen) atoms. The van der Waals surface area contributed by atoms with Gasteiger partial charge in [-0.05, 0) is 29.8 Å². The number of amides is 2. The van der Waals surface area contributed by atoms with Crippen molar-refractivity contribution in [3.05, 3.63) is 59.7 Å². The van der Waals surface area contributed by atoms with Crippen LogP contribution in [-0.4, -0.2) is 11.8 Å². The summed E-state index contributed by atoms with van der Waals surface area (Å²) in [6.07, 6.45) is 0.195. The zero-order valence-corrected chi connectivity index (χ0v) is 12.1.